The summed E-state index contributed by atoms with van der Waals surface area (Å²) in [5.41, 5.74) is 0.891. The summed E-state index contributed by atoms with van der Waals surface area (Å²) < 4.78 is 9.03. The lowest BCUT2D eigenvalue weighted by Gasteiger charge is -2.31. The normalized spacial score (nSPS) is 27.5. The van der Waals surface area contributed by atoms with Crippen LogP contribution in [0.25, 0.3) is 11.0 Å². The summed E-state index contributed by atoms with van der Waals surface area (Å²) in [7, 11) is 3.62. The average molecular weight is 443 g/mol. The molecule has 2 fully saturated rings. The molecule has 10 nitrogen and oxygen atoms in total. The predicted octanol–water partition coefficient (Wildman–Crippen LogP) is 2.98. The van der Waals surface area contributed by atoms with E-state index in [4.69, 9.17) is 4.74 Å². The molecule has 1 saturated carbocycles. The van der Waals surface area contributed by atoms with Gasteiger partial charge in [-0.25, -0.2) is 14.8 Å². The van der Waals surface area contributed by atoms with Gasteiger partial charge in [-0.15, -0.1) is 4.37 Å². The Morgan fingerprint density at radius 3 is 2.74 bits per heavy atom. The summed E-state index contributed by atoms with van der Waals surface area (Å²) in [5.74, 6) is 0.947. The second kappa shape index (κ2) is 7.04. The highest BCUT2D eigenvalue weighted by molar-refractivity contribution is 7.10. The second-order valence-electron chi connectivity index (χ2n) is 9.10. The standard InChI is InChI=1S/C20H26N8O2S/c1-19-7-12(27(3)15-13-5-6-21-14(13)22-11-23-15)8-20(19,2)10-28(9-19)18(29)25-17-24-16(30-4)26-31-17/h5-6,11-12H,7-10H2,1-4H3,(H,21,22,23)(H,24,25,26,29)/t12?,19-,20+. The molecule has 1 aliphatic carbocycles. The molecule has 5 rings (SSSR count). The smallest absolute Gasteiger partial charge is 0.329 e. The molecule has 164 valence electrons. The maximum Gasteiger partial charge on any atom is 0.329 e. The van der Waals surface area contributed by atoms with Crippen LogP contribution in [0.1, 0.15) is 26.7 Å². The first-order chi connectivity index (χ1) is 14.8. The van der Waals surface area contributed by atoms with Crippen LogP contribution in [0.5, 0.6) is 6.01 Å². The number of methoxy groups -OCH3 is 1. The van der Waals surface area contributed by atoms with Gasteiger partial charge >= 0.3 is 12.0 Å². The summed E-state index contributed by atoms with van der Waals surface area (Å²) in [6, 6.07) is 2.50. The van der Waals surface area contributed by atoms with Gasteiger partial charge in [-0.3, -0.25) is 5.32 Å². The molecule has 11 heteroatoms. The Balaban J connectivity index is 1.30. The summed E-state index contributed by atoms with van der Waals surface area (Å²) in [5, 5.41) is 4.34. The lowest BCUT2D eigenvalue weighted by Crippen LogP contribution is -2.38. The zero-order valence-corrected chi connectivity index (χ0v) is 18.9. The van der Waals surface area contributed by atoms with E-state index in [0.717, 1.165) is 41.2 Å². The maximum atomic E-state index is 12.9. The highest BCUT2D eigenvalue weighted by Gasteiger charge is 2.59. The fourth-order valence-corrected chi connectivity index (χ4v) is 5.79. The van der Waals surface area contributed by atoms with Crippen LogP contribution in [0.2, 0.25) is 0 Å². The van der Waals surface area contributed by atoms with Crippen molar-refractivity contribution in [2.75, 3.05) is 37.5 Å². The van der Waals surface area contributed by atoms with Crippen molar-refractivity contribution in [3.05, 3.63) is 18.6 Å². The van der Waals surface area contributed by atoms with Crippen molar-refractivity contribution in [1.82, 2.24) is 29.2 Å². The third-order valence-electron chi connectivity index (χ3n) is 7.21. The van der Waals surface area contributed by atoms with E-state index in [2.05, 4.69) is 55.4 Å². The van der Waals surface area contributed by atoms with Crippen LogP contribution in [-0.4, -0.2) is 68.5 Å². The van der Waals surface area contributed by atoms with Crippen molar-refractivity contribution in [2.45, 2.75) is 32.7 Å². The number of hydrogen-bond donors (Lipinski definition) is 2. The van der Waals surface area contributed by atoms with Gasteiger partial charge in [-0.05, 0) is 29.7 Å². The van der Waals surface area contributed by atoms with E-state index in [1.165, 1.54) is 7.11 Å². The quantitative estimate of drug-likeness (QED) is 0.639. The van der Waals surface area contributed by atoms with E-state index in [-0.39, 0.29) is 22.9 Å². The van der Waals surface area contributed by atoms with Gasteiger partial charge in [0.25, 0.3) is 0 Å². The number of amides is 2. The fraction of sp³-hybridized carbons (Fsp3) is 0.550. The lowest BCUT2D eigenvalue weighted by atomic mass is 9.71. The van der Waals surface area contributed by atoms with Crippen molar-refractivity contribution in [3.63, 3.8) is 0 Å². The molecular weight excluding hydrogens is 416 g/mol. The molecular formula is C20H26N8O2S. The molecule has 1 saturated heterocycles. The summed E-state index contributed by atoms with van der Waals surface area (Å²) in [6.07, 6.45) is 5.49. The van der Waals surface area contributed by atoms with Gasteiger partial charge in [-0.2, -0.15) is 4.98 Å². The number of nitrogens with one attached hydrogen (secondary N) is 2. The van der Waals surface area contributed by atoms with E-state index in [9.17, 15) is 4.79 Å². The Morgan fingerprint density at radius 2 is 2.06 bits per heavy atom. The van der Waals surface area contributed by atoms with Gasteiger partial charge < -0.3 is 19.5 Å². The van der Waals surface area contributed by atoms with Gasteiger partial charge in [0, 0.05) is 43.9 Å². The molecule has 0 radical (unpaired) electrons. The number of carbonyl (C=O) groups is 1. The summed E-state index contributed by atoms with van der Waals surface area (Å²) >= 11 is 1.12. The molecule has 3 aromatic heterocycles. The first-order valence-electron chi connectivity index (χ1n) is 10.3. The van der Waals surface area contributed by atoms with Crippen molar-refractivity contribution >= 4 is 39.5 Å². The summed E-state index contributed by atoms with van der Waals surface area (Å²) in [6.45, 7) is 6.01. The molecule has 4 heterocycles. The molecule has 3 aromatic rings. The van der Waals surface area contributed by atoms with Gasteiger partial charge in [0.2, 0.25) is 5.13 Å². The zero-order valence-electron chi connectivity index (χ0n) is 18.0. The van der Waals surface area contributed by atoms with Crippen LogP contribution in [0.3, 0.4) is 0 Å². The predicted molar refractivity (Wildman–Crippen MR) is 119 cm³/mol. The highest BCUT2D eigenvalue weighted by Crippen LogP contribution is 2.58. The number of urea groups is 1. The molecule has 2 amide bonds. The minimum absolute atomic E-state index is 0.0202. The average Bonchev–Trinajstić information content (AvgIpc) is 3.48. The second-order valence-corrected chi connectivity index (χ2v) is 9.86. The number of fused-ring (bicyclic) bond motifs is 2. The van der Waals surface area contributed by atoms with E-state index >= 15 is 0 Å². The van der Waals surface area contributed by atoms with Crippen LogP contribution in [-0.2, 0) is 0 Å². The number of carbonyl (C=O) groups excluding carboxylic acids is 1. The Kier molecular flexibility index (Phi) is 4.54. The first kappa shape index (κ1) is 20.0. The van der Waals surface area contributed by atoms with E-state index in [1.54, 1.807) is 6.33 Å². The Bertz CT molecular complexity index is 1110. The van der Waals surface area contributed by atoms with Crippen molar-refractivity contribution in [3.8, 4) is 6.01 Å². The van der Waals surface area contributed by atoms with Crippen molar-refractivity contribution in [1.29, 1.82) is 0 Å². The monoisotopic (exact) mass is 442 g/mol. The number of H-pyrrole nitrogens is 1. The Morgan fingerprint density at radius 1 is 1.32 bits per heavy atom. The summed E-state index contributed by atoms with van der Waals surface area (Å²) in [4.78, 5) is 33.2. The lowest BCUT2D eigenvalue weighted by molar-refractivity contribution is 0.184. The largest absolute Gasteiger partial charge is 0.466 e. The molecule has 1 aliphatic heterocycles. The molecule has 31 heavy (non-hydrogen) atoms. The number of aromatic amines is 1. The van der Waals surface area contributed by atoms with Gasteiger partial charge in [-0.1, -0.05) is 13.8 Å². The van der Waals surface area contributed by atoms with Crippen molar-refractivity contribution < 1.29 is 9.53 Å². The fourth-order valence-electron chi connectivity index (χ4n) is 5.26. The number of likely N-dealkylation sites (tertiary alicyclic amines) is 1. The molecule has 0 bridgehead atoms. The number of rotatable bonds is 4. The molecule has 0 aromatic carbocycles. The minimum atomic E-state index is -0.134. The zero-order chi connectivity index (χ0) is 21.8. The molecule has 3 atom stereocenters. The van der Waals surface area contributed by atoms with Crippen molar-refractivity contribution in [2.24, 2.45) is 10.8 Å². The first-order valence-corrected chi connectivity index (χ1v) is 11.0. The van der Waals surface area contributed by atoms with E-state index in [1.807, 2.05) is 17.2 Å². The molecule has 2 N–H and O–H groups in total. The molecule has 0 spiro atoms. The third-order valence-corrected chi connectivity index (χ3v) is 7.83. The third kappa shape index (κ3) is 3.18. The minimum Gasteiger partial charge on any atom is -0.466 e. The molecule has 1 unspecified atom stereocenters. The molecule has 2 aliphatic rings. The van der Waals surface area contributed by atoms with Gasteiger partial charge in [0.15, 0.2) is 0 Å². The number of aromatic nitrogens is 5. The van der Waals surface area contributed by atoms with Gasteiger partial charge in [0.1, 0.15) is 17.8 Å². The van der Waals surface area contributed by atoms with Crippen LogP contribution in [0, 0.1) is 10.8 Å². The van der Waals surface area contributed by atoms with Crippen LogP contribution < -0.4 is 15.0 Å². The van der Waals surface area contributed by atoms with Crippen LogP contribution in [0.15, 0.2) is 18.6 Å². The van der Waals surface area contributed by atoms with Crippen LogP contribution >= 0.6 is 11.5 Å². The Labute approximate surface area is 184 Å². The SMILES string of the molecule is COc1nsc(NC(=O)N2C[C@]3(C)CC(N(C)c4ncnc5[nH]ccc45)C[C@]3(C)C2)n1. The van der Waals surface area contributed by atoms with E-state index in [0.29, 0.717) is 24.3 Å². The van der Waals surface area contributed by atoms with Crippen LogP contribution in [0.4, 0.5) is 15.7 Å². The number of anilines is 2. The number of hydrogen-bond acceptors (Lipinski definition) is 8. The number of ether oxygens (including phenoxy) is 1. The number of nitrogens with zero attached hydrogens (tertiary/aromatic N) is 6. The van der Waals surface area contributed by atoms with Gasteiger partial charge in [0.05, 0.1) is 12.5 Å². The highest BCUT2D eigenvalue weighted by atomic mass is 32.1. The topological polar surface area (TPSA) is 112 Å². The Hall–Kier alpha value is -2.95. The van der Waals surface area contributed by atoms with E-state index < -0.39 is 0 Å². The maximum absolute atomic E-state index is 12.9.